The minimum Gasteiger partial charge on any atom is -0.264 e. The fourth-order valence-electron chi connectivity index (χ4n) is 7.40. The van der Waals surface area contributed by atoms with Crippen LogP contribution in [-0.2, 0) is 5.41 Å². The van der Waals surface area contributed by atoms with Crippen molar-refractivity contribution in [3.8, 4) is 78.4 Å². The van der Waals surface area contributed by atoms with Crippen LogP contribution < -0.4 is 0 Å². The van der Waals surface area contributed by atoms with Crippen LogP contribution in [0.4, 0.5) is 0 Å². The summed E-state index contributed by atoms with van der Waals surface area (Å²) in [5, 5.41) is 0. The molecule has 8 aromatic rings. The van der Waals surface area contributed by atoms with Gasteiger partial charge in [0.15, 0.2) is 5.82 Å². The average molecular weight is 654 g/mol. The second kappa shape index (κ2) is 12.5. The van der Waals surface area contributed by atoms with Gasteiger partial charge < -0.3 is 0 Å². The highest BCUT2D eigenvalue weighted by atomic mass is 14.9. The first-order valence-electron chi connectivity index (χ1n) is 17.4. The van der Waals surface area contributed by atoms with Crippen molar-refractivity contribution >= 4 is 0 Å². The van der Waals surface area contributed by atoms with E-state index in [9.17, 15) is 0 Å². The van der Waals surface area contributed by atoms with Gasteiger partial charge in [-0.05, 0) is 73.8 Å². The molecule has 1 aliphatic rings. The smallest absolute Gasteiger partial charge is 0.160 e. The molecule has 2 aromatic heterocycles. The van der Waals surface area contributed by atoms with Crippen LogP contribution in [0.2, 0.25) is 0 Å². The molecular weight excluding hydrogens is 619 g/mol. The van der Waals surface area contributed by atoms with Crippen molar-refractivity contribution in [2.45, 2.75) is 19.3 Å². The highest BCUT2D eigenvalue weighted by Crippen LogP contribution is 2.49. The molecule has 3 heteroatoms. The van der Waals surface area contributed by atoms with E-state index in [2.05, 4.69) is 170 Å². The van der Waals surface area contributed by atoms with E-state index in [1.54, 1.807) is 6.20 Å². The summed E-state index contributed by atoms with van der Waals surface area (Å²) in [4.78, 5) is 14.6. The number of rotatable bonds is 6. The quantitative estimate of drug-likeness (QED) is 0.179. The largest absolute Gasteiger partial charge is 0.264 e. The minimum absolute atomic E-state index is 0.0973. The predicted octanol–water partition coefficient (Wildman–Crippen LogP) is 12.2. The van der Waals surface area contributed by atoms with Gasteiger partial charge in [0, 0.05) is 34.5 Å². The van der Waals surface area contributed by atoms with E-state index in [0.29, 0.717) is 5.82 Å². The SMILES string of the molecule is CC1(C)c2ccccc2-c2ccc(-c3cc(-c4ccc(-c5ccc(-c6cccnc6)cc5)cc4)nc(-c4ccc(-c5ccccc5)cc4)n3)cc21. The first-order chi connectivity index (χ1) is 25.0. The average Bonchev–Trinajstić information content (AvgIpc) is 3.44. The zero-order chi connectivity index (χ0) is 34.4. The van der Waals surface area contributed by atoms with Gasteiger partial charge in [-0.3, -0.25) is 4.98 Å². The lowest BCUT2D eigenvalue weighted by Gasteiger charge is -2.22. The Balaban J connectivity index is 1.10. The molecule has 0 spiro atoms. The molecular formula is C48H35N3. The third-order valence-corrected chi connectivity index (χ3v) is 10.2. The fraction of sp³-hybridized carbons (Fsp3) is 0.0625. The molecule has 9 rings (SSSR count). The van der Waals surface area contributed by atoms with Gasteiger partial charge in [0.05, 0.1) is 11.4 Å². The molecule has 0 bridgehead atoms. The molecule has 0 unspecified atom stereocenters. The summed E-state index contributed by atoms with van der Waals surface area (Å²) in [6.45, 7) is 4.64. The molecule has 3 nitrogen and oxygen atoms in total. The van der Waals surface area contributed by atoms with Crippen LogP contribution in [0.15, 0.2) is 176 Å². The zero-order valence-corrected chi connectivity index (χ0v) is 28.6. The molecule has 2 heterocycles. The maximum absolute atomic E-state index is 5.21. The van der Waals surface area contributed by atoms with Gasteiger partial charge in [0.25, 0.3) is 0 Å². The minimum atomic E-state index is -0.0973. The Morgan fingerprint density at radius 2 is 0.863 bits per heavy atom. The van der Waals surface area contributed by atoms with Gasteiger partial charge in [-0.25, -0.2) is 9.97 Å². The first-order valence-corrected chi connectivity index (χ1v) is 17.4. The monoisotopic (exact) mass is 653 g/mol. The summed E-state index contributed by atoms with van der Waals surface area (Å²) in [5.74, 6) is 0.709. The fourth-order valence-corrected chi connectivity index (χ4v) is 7.40. The van der Waals surface area contributed by atoms with E-state index in [1.807, 2.05) is 18.3 Å². The normalized spacial score (nSPS) is 12.7. The van der Waals surface area contributed by atoms with Crippen molar-refractivity contribution in [1.29, 1.82) is 0 Å². The van der Waals surface area contributed by atoms with Crippen LogP contribution in [0.3, 0.4) is 0 Å². The molecule has 0 atom stereocenters. The molecule has 0 N–H and O–H groups in total. The lowest BCUT2D eigenvalue weighted by Crippen LogP contribution is -2.14. The van der Waals surface area contributed by atoms with E-state index in [0.717, 1.165) is 44.8 Å². The Labute approximate surface area is 299 Å². The number of hydrogen-bond donors (Lipinski definition) is 0. The summed E-state index contributed by atoms with van der Waals surface area (Å²) >= 11 is 0. The summed E-state index contributed by atoms with van der Waals surface area (Å²) in [6.07, 6.45) is 3.70. The van der Waals surface area contributed by atoms with E-state index < -0.39 is 0 Å². The van der Waals surface area contributed by atoms with Gasteiger partial charge >= 0.3 is 0 Å². The third-order valence-electron chi connectivity index (χ3n) is 10.2. The molecule has 242 valence electrons. The molecule has 0 saturated heterocycles. The summed E-state index contributed by atoms with van der Waals surface area (Å²) in [6, 6.07) is 58.2. The molecule has 51 heavy (non-hydrogen) atoms. The Kier molecular flexibility index (Phi) is 7.48. The van der Waals surface area contributed by atoms with Gasteiger partial charge in [0.2, 0.25) is 0 Å². The van der Waals surface area contributed by atoms with E-state index in [4.69, 9.17) is 9.97 Å². The molecule has 6 aromatic carbocycles. The Morgan fingerprint density at radius 1 is 0.373 bits per heavy atom. The van der Waals surface area contributed by atoms with Crippen LogP contribution in [0.25, 0.3) is 78.4 Å². The van der Waals surface area contributed by atoms with Gasteiger partial charge in [-0.2, -0.15) is 0 Å². The van der Waals surface area contributed by atoms with Crippen molar-refractivity contribution in [1.82, 2.24) is 15.0 Å². The Hall–Kier alpha value is -6.45. The highest BCUT2D eigenvalue weighted by molar-refractivity contribution is 5.84. The zero-order valence-electron chi connectivity index (χ0n) is 28.6. The van der Waals surface area contributed by atoms with Crippen molar-refractivity contribution in [2.24, 2.45) is 0 Å². The van der Waals surface area contributed by atoms with Crippen molar-refractivity contribution in [3.63, 3.8) is 0 Å². The highest BCUT2D eigenvalue weighted by Gasteiger charge is 2.35. The number of hydrogen-bond acceptors (Lipinski definition) is 3. The molecule has 0 fully saturated rings. The summed E-state index contributed by atoms with van der Waals surface area (Å²) < 4.78 is 0. The van der Waals surface area contributed by atoms with Gasteiger partial charge in [0.1, 0.15) is 0 Å². The number of aromatic nitrogens is 3. The van der Waals surface area contributed by atoms with Gasteiger partial charge in [-0.1, -0.05) is 159 Å². The number of pyridine rings is 1. The molecule has 0 radical (unpaired) electrons. The standard InChI is InChI=1S/C48H35N3/c1-48(2)43-13-7-6-12-41(43)42-27-26-39(29-44(42)48)46-30-45(50-47(51-46)38-24-20-33(21-25-38)32-9-4-3-5-10-32)37-22-18-35(19-23-37)34-14-16-36(17-15-34)40-11-8-28-49-31-40/h3-31H,1-2H3. The van der Waals surface area contributed by atoms with Crippen LogP contribution in [-0.4, -0.2) is 15.0 Å². The van der Waals surface area contributed by atoms with Crippen molar-refractivity contribution in [2.75, 3.05) is 0 Å². The molecule has 0 saturated carbocycles. The first kappa shape index (κ1) is 30.6. The summed E-state index contributed by atoms with van der Waals surface area (Å²) in [5.41, 5.74) is 17.1. The van der Waals surface area contributed by atoms with Crippen LogP contribution in [0.1, 0.15) is 25.0 Å². The number of fused-ring (bicyclic) bond motifs is 3. The van der Waals surface area contributed by atoms with E-state index in [1.165, 1.54) is 38.9 Å². The van der Waals surface area contributed by atoms with Crippen molar-refractivity contribution in [3.05, 3.63) is 187 Å². The lowest BCUT2D eigenvalue weighted by molar-refractivity contribution is 0.660. The Morgan fingerprint density at radius 3 is 1.51 bits per heavy atom. The van der Waals surface area contributed by atoms with Crippen LogP contribution in [0, 0.1) is 0 Å². The Bertz CT molecular complexity index is 2500. The summed E-state index contributed by atoms with van der Waals surface area (Å²) in [7, 11) is 0. The topological polar surface area (TPSA) is 38.7 Å². The van der Waals surface area contributed by atoms with Gasteiger partial charge in [-0.15, -0.1) is 0 Å². The molecule has 1 aliphatic carbocycles. The maximum Gasteiger partial charge on any atom is 0.160 e. The lowest BCUT2D eigenvalue weighted by atomic mass is 9.82. The van der Waals surface area contributed by atoms with Crippen LogP contribution in [0.5, 0.6) is 0 Å². The van der Waals surface area contributed by atoms with E-state index >= 15 is 0 Å². The van der Waals surface area contributed by atoms with Crippen molar-refractivity contribution < 1.29 is 0 Å². The van der Waals surface area contributed by atoms with Crippen LogP contribution >= 0.6 is 0 Å². The predicted molar refractivity (Wildman–Crippen MR) is 210 cm³/mol. The second-order valence-corrected chi connectivity index (χ2v) is 13.7. The number of nitrogens with zero attached hydrogens (tertiary/aromatic N) is 3. The number of benzene rings is 6. The molecule has 0 aliphatic heterocycles. The maximum atomic E-state index is 5.21. The van der Waals surface area contributed by atoms with E-state index in [-0.39, 0.29) is 5.41 Å². The molecule has 0 amide bonds. The third kappa shape index (κ3) is 5.63. The second-order valence-electron chi connectivity index (χ2n) is 13.7.